The molecule has 0 radical (unpaired) electrons. The maximum Gasteiger partial charge on any atom is 0.262 e. The van der Waals surface area contributed by atoms with Crippen molar-refractivity contribution in [2.24, 2.45) is 7.05 Å². The van der Waals surface area contributed by atoms with E-state index in [1.807, 2.05) is 6.92 Å². The van der Waals surface area contributed by atoms with Crippen LogP contribution in [0.5, 0.6) is 11.5 Å². The molecule has 0 aliphatic heterocycles. The van der Waals surface area contributed by atoms with E-state index in [1.54, 1.807) is 0 Å². The third-order valence-corrected chi connectivity index (χ3v) is 8.33. The Morgan fingerprint density at radius 3 is 2.40 bits per heavy atom. The van der Waals surface area contributed by atoms with Gasteiger partial charge in [0.2, 0.25) is 11.2 Å². The lowest BCUT2D eigenvalue weighted by molar-refractivity contribution is 0.0713. The second-order valence-electron chi connectivity index (χ2n) is 10.1. The van der Waals surface area contributed by atoms with Crippen LogP contribution in [0.1, 0.15) is 87.3 Å². The van der Waals surface area contributed by atoms with Gasteiger partial charge in [-0.05, 0) is 31.4 Å². The number of benzene rings is 2. The molecule has 6 rings (SSSR count). The highest BCUT2D eigenvalue weighted by molar-refractivity contribution is 6.41. The molecule has 40 heavy (non-hydrogen) atoms. The number of methoxy groups -OCH3 is 1. The number of rotatable bonds is 3. The second kappa shape index (κ2) is 9.02. The van der Waals surface area contributed by atoms with Gasteiger partial charge >= 0.3 is 0 Å². The van der Waals surface area contributed by atoms with E-state index >= 15 is 0 Å². The molecule has 2 atom stereocenters. The van der Waals surface area contributed by atoms with Gasteiger partial charge in [-0.3, -0.25) is 19.2 Å². The Morgan fingerprint density at radius 2 is 1.73 bits per heavy atom. The molecule has 2 aliphatic rings. The first-order chi connectivity index (χ1) is 19.0. The molecule has 0 saturated carbocycles. The molecule has 0 spiro atoms. The fraction of sp³-hybridized carbons (Fsp3) is 0.310. The number of ketones is 2. The zero-order valence-corrected chi connectivity index (χ0v) is 22.5. The molecule has 2 heterocycles. The van der Waals surface area contributed by atoms with Crippen LogP contribution in [0.25, 0.3) is 21.7 Å². The minimum Gasteiger partial charge on any atom is -0.506 e. The molecule has 4 aromatic rings. The number of halogens is 1. The van der Waals surface area contributed by atoms with Gasteiger partial charge in [-0.1, -0.05) is 24.9 Å². The van der Waals surface area contributed by atoms with Gasteiger partial charge in [0, 0.05) is 34.6 Å². The van der Waals surface area contributed by atoms with Crippen LogP contribution in [-0.2, 0) is 13.5 Å². The molecule has 2 aliphatic carbocycles. The minimum atomic E-state index is -1.25. The van der Waals surface area contributed by atoms with Gasteiger partial charge in [-0.15, -0.1) is 0 Å². The highest BCUT2D eigenvalue weighted by atomic mass is 35.5. The number of aromatic hydroxyl groups is 1. The molecule has 0 unspecified atom stereocenters. The number of fused-ring (bicyclic) bond motifs is 6. The van der Waals surface area contributed by atoms with Crippen LogP contribution in [0.3, 0.4) is 0 Å². The minimum absolute atomic E-state index is 0.0168. The third kappa shape index (κ3) is 3.24. The zero-order valence-electron chi connectivity index (χ0n) is 21.8. The first-order valence-electron chi connectivity index (χ1n) is 12.8. The van der Waals surface area contributed by atoms with Crippen molar-refractivity contribution >= 4 is 44.9 Å². The summed E-state index contributed by atoms with van der Waals surface area (Å²) in [7, 11) is 2.76. The normalized spacial score (nSPS) is 18.1. The third-order valence-electron chi connectivity index (χ3n) is 7.92. The molecule has 3 N–H and O–H groups in total. The Morgan fingerprint density at radius 1 is 1.02 bits per heavy atom. The van der Waals surface area contributed by atoms with Crippen LogP contribution in [0.2, 0.25) is 5.02 Å². The molecule has 11 heteroatoms. The largest absolute Gasteiger partial charge is 0.506 e. The van der Waals surface area contributed by atoms with Gasteiger partial charge in [0.05, 0.1) is 29.4 Å². The molecule has 0 fully saturated rings. The predicted molar refractivity (Wildman–Crippen MR) is 145 cm³/mol. The van der Waals surface area contributed by atoms with Gasteiger partial charge in [0.15, 0.2) is 17.1 Å². The summed E-state index contributed by atoms with van der Waals surface area (Å²) in [5.74, 6) is -2.35. The lowest BCUT2D eigenvalue weighted by atomic mass is 9.80. The number of nitrogens with zero attached hydrogens (tertiary/aromatic N) is 1. The second-order valence-corrected chi connectivity index (χ2v) is 10.5. The van der Waals surface area contributed by atoms with Crippen molar-refractivity contribution in [3.63, 3.8) is 0 Å². The number of hydrogen-bond acceptors (Lipinski definition) is 9. The van der Waals surface area contributed by atoms with Crippen molar-refractivity contribution in [1.29, 1.82) is 0 Å². The van der Waals surface area contributed by atoms with E-state index in [1.165, 1.54) is 30.9 Å². The van der Waals surface area contributed by atoms with E-state index < -0.39 is 46.1 Å². The van der Waals surface area contributed by atoms with Crippen LogP contribution < -0.4 is 15.7 Å². The average molecular weight is 566 g/mol. The molecule has 0 saturated heterocycles. The van der Waals surface area contributed by atoms with Crippen LogP contribution in [0.15, 0.2) is 26.1 Å². The lowest BCUT2D eigenvalue weighted by Gasteiger charge is -2.26. The smallest absolute Gasteiger partial charge is 0.262 e. The van der Waals surface area contributed by atoms with Crippen LogP contribution in [0.4, 0.5) is 0 Å². The van der Waals surface area contributed by atoms with Crippen molar-refractivity contribution in [3.8, 4) is 11.5 Å². The number of aromatic nitrogens is 1. The van der Waals surface area contributed by atoms with Crippen molar-refractivity contribution in [3.05, 3.63) is 77.0 Å². The summed E-state index contributed by atoms with van der Waals surface area (Å²) in [5, 5.41) is 32.1. The van der Waals surface area contributed by atoms with E-state index in [2.05, 4.69) is 0 Å². The molecule has 2 aromatic carbocycles. The summed E-state index contributed by atoms with van der Waals surface area (Å²) >= 11 is 6.60. The number of aliphatic hydroxyl groups is 2. The number of carbonyl (C=O) groups is 2. The highest BCUT2D eigenvalue weighted by Gasteiger charge is 2.40. The molecular formula is C29H24ClNO9. The molecule has 10 nitrogen and oxygen atoms in total. The SMILES string of the molecule is CCCc1c(Cl)c2c(c(=O)n1C)C(=O)c1c(ccc3c(OC)c4oc5c(c(=O)c4c(O)c13)[C@@H](O)CC[C@@H]5O)C2=O. The van der Waals surface area contributed by atoms with E-state index in [0.29, 0.717) is 18.5 Å². The van der Waals surface area contributed by atoms with Gasteiger partial charge in [-0.2, -0.15) is 0 Å². The summed E-state index contributed by atoms with van der Waals surface area (Å²) in [6.45, 7) is 1.89. The van der Waals surface area contributed by atoms with E-state index in [4.69, 9.17) is 20.8 Å². The number of phenolic OH excluding ortho intramolecular Hbond substituents is 1. The fourth-order valence-corrected chi connectivity index (χ4v) is 6.41. The molecule has 206 valence electrons. The Balaban J connectivity index is 1.77. The molecule has 0 bridgehead atoms. The maximum atomic E-state index is 14.0. The summed E-state index contributed by atoms with van der Waals surface area (Å²) in [4.78, 5) is 54.8. The Kier molecular flexibility index (Phi) is 5.92. The number of pyridine rings is 1. The number of ether oxygens (including phenoxy) is 1. The van der Waals surface area contributed by atoms with E-state index in [9.17, 15) is 34.5 Å². The summed E-state index contributed by atoms with van der Waals surface area (Å²) < 4.78 is 12.7. The van der Waals surface area contributed by atoms with Gasteiger partial charge < -0.3 is 29.0 Å². The van der Waals surface area contributed by atoms with Gasteiger partial charge in [0.1, 0.15) is 28.6 Å². The van der Waals surface area contributed by atoms with Crippen LogP contribution in [0, 0.1) is 0 Å². The van der Waals surface area contributed by atoms with Crippen molar-refractivity contribution in [1.82, 2.24) is 4.57 Å². The summed E-state index contributed by atoms with van der Waals surface area (Å²) in [6, 6.07) is 2.81. The Hall–Kier alpha value is -3.99. The maximum absolute atomic E-state index is 14.0. The fourth-order valence-electron chi connectivity index (χ4n) is 6.00. The number of carbonyl (C=O) groups excluding carboxylic acids is 2. The van der Waals surface area contributed by atoms with E-state index in [-0.39, 0.29) is 73.4 Å². The molecule has 0 amide bonds. The Labute approximate surface area is 231 Å². The Bertz CT molecular complexity index is 1950. The van der Waals surface area contributed by atoms with Crippen LogP contribution in [-0.4, -0.2) is 38.6 Å². The summed E-state index contributed by atoms with van der Waals surface area (Å²) in [5.41, 5.74) is -2.48. The summed E-state index contributed by atoms with van der Waals surface area (Å²) in [6.07, 6.45) is -1.09. The van der Waals surface area contributed by atoms with Crippen molar-refractivity contribution in [2.75, 3.05) is 7.11 Å². The first-order valence-corrected chi connectivity index (χ1v) is 13.2. The number of hydrogen-bond donors (Lipinski definition) is 3. The van der Waals surface area contributed by atoms with E-state index in [0.717, 1.165) is 0 Å². The lowest BCUT2D eigenvalue weighted by Crippen LogP contribution is -2.35. The zero-order chi connectivity index (χ0) is 28.8. The standard InChI is InChI=1S/C29H24ClNO9/c1-4-5-12-21(30)18-19(29(38)31(12)2)23(35)15-10(22(18)34)6-7-11-16(15)24(36)20-25(37)17-13(32)8-9-14(33)27(17)40-28(20)26(11)39-3/h6-7,13-14,32-33,36H,4-5,8-9H2,1-3H3/t13-,14-/m0/s1. The topological polar surface area (TPSA) is 156 Å². The van der Waals surface area contributed by atoms with Crippen molar-refractivity contribution < 1.29 is 34.1 Å². The molecule has 2 aromatic heterocycles. The first kappa shape index (κ1) is 26.2. The monoisotopic (exact) mass is 565 g/mol. The molecular weight excluding hydrogens is 542 g/mol. The van der Waals surface area contributed by atoms with Gasteiger partial charge in [0.25, 0.3) is 5.56 Å². The number of phenols is 1. The highest BCUT2D eigenvalue weighted by Crippen LogP contribution is 2.47. The van der Waals surface area contributed by atoms with Crippen molar-refractivity contribution in [2.45, 2.75) is 44.8 Å². The van der Waals surface area contributed by atoms with Gasteiger partial charge in [-0.25, -0.2) is 0 Å². The quantitative estimate of drug-likeness (QED) is 0.278. The average Bonchev–Trinajstić information content (AvgIpc) is 2.93. The van der Waals surface area contributed by atoms with Crippen LogP contribution >= 0.6 is 11.6 Å². The number of aliphatic hydroxyl groups excluding tert-OH is 2. The predicted octanol–water partition coefficient (Wildman–Crippen LogP) is 3.60.